The molecule has 2 rings (SSSR count). The molecule has 1 unspecified atom stereocenters. The lowest BCUT2D eigenvalue weighted by atomic mass is 10.1. The van der Waals surface area contributed by atoms with Crippen molar-refractivity contribution in [2.75, 3.05) is 6.54 Å². The third-order valence-electron chi connectivity index (χ3n) is 4.54. The molecule has 2 amide bonds. The van der Waals surface area contributed by atoms with Gasteiger partial charge in [0.1, 0.15) is 11.9 Å². The molecule has 0 radical (unpaired) electrons. The molecule has 7 heteroatoms. The summed E-state index contributed by atoms with van der Waals surface area (Å²) in [5, 5.41) is 3.65. The fourth-order valence-corrected chi connectivity index (χ4v) is 3.32. The zero-order valence-electron chi connectivity index (χ0n) is 16.6. The van der Waals surface area contributed by atoms with Crippen LogP contribution in [0.25, 0.3) is 0 Å². The largest absolute Gasteiger partial charge is 0.354 e. The van der Waals surface area contributed by atoms with Crippen molar-refractivity contribution in [1.29, 1.82) is 0 Å². The summed E-state index contributed by atoms with van der Waals surface area (Å²) in [6, 6.07) is 10.3. The number of hydrogen-bond donors (Lipinski definition) is 1. The van der Waals surface area contributed by atoms with Crippen LogP contribution >= 0.6 is 23.2 Å². The van der Waals surface area contributed by atoms with Crippen molar-refractivity contribution < 1.29 is 14.0 Å². The average Bonchev–Trinajstić information content (AvgIpc) is 2.70. The second kappa shape index (κ2) is 11.2. The molecule has 156 valence electrons. The van der Waals surface area contributed by atoms with Gasteiger partial charge in [-0.15, -0.1) is 0 Å². The SMILES string of the molecule is CCCNC(=O)C(CC)N(Cc1ccc(F)cc1)C(=O)Cc1ccc(Cl)c(Cl)c1. The molecule has 4 nitrogen and oxygen atoms in total. The van der Waals surface area contributed by atoms with Gasteiger partial charge in [-0.3, -0.25) is 9.59 Å². The molecule has 2 aromatic rings. The number of carbonyl (C=O) groups excluding carboxylic acids is 2. The smallest absolute Gasteiger partial charge is 0.242 e. The molecular weight excluding hydrogens is 414 g/mol. The summed E-state index contributed by atoms with van der Waals surface area (Å²) in [7, 11) is 0. The quantitative estimate of drug-likeness (QED) is 0.597. The van der Waals surface area contributed by atoms with E-state index in [9.17, 15) is 14.0 Å². The first-order valence-electron chi connectivity index (χ1n) is 9.61. The molecule has 0 fully saturated rings. The van der Waals surface area contributed by atoms with Crippen LogP contribution in [0, 0.1) is 5.82 Å². The van der Waals surface area contributed by atoms with Gasteiger partial charge in [0.05, 0.1) is 16.5 Å². The summed E-state index contributed by atoms with van der Waals surface area (Å²) in [6.45, 7) is 4.58. The maximum atomic E-state index is 13.3. The van der Waals surface area contributed by atoms with Gasteiger partial charge in [0, 0.05) is 13.1 Å². The van der Waals surface area contributed by atoms with Gasteiger partial charge in [-0.05, 0) is 48.2 Å². The Morgan fingerprint density at radius 3 is 2.28 bits per heavy atom. The van der Waals surface area contributed by atoms with Gasteiger partial charge in [-0.25, -0.2) is 4.39 Å². The van der Waals surface area contributed by atoms with Crippen LogP contribution in [0.15, 0.2) is 42.5 Å². The first kappa shape index (κ1) is 23.2. The molecule has 1 N–H and O–H groups in total. The summed E-state index contributed by atoms with van der Waals surface area (Å²) >= 11 is 12.0. The normalized spacial score (nSPS) is 11.8. The number of amides is 2. The lowest BCUT2D eigenvalue weighted by molar-refractivity contribution is -0.140. The summed E-state index contributed by atoms with van der Waals surface area (Å²) in [6.07, 6.45) is 1.34. The van der Waals surface area contributed by atoms with Gasteiger partial charge in [0.25, 0.3) is 0 Å². The molecular formula is C22H25Cl2FN2O2. The highest BCUT2D eigenvalue weighted by Crippen LogP contribution is 2.23. The molecule has 0 aromatic heterocycles. The van der Waals surface area contributed by atoms with Crippen LogP contribution < -0.4 is 5.32 Å². The second-order valence-corrected chi connectivity index (χ2v) is 7.60. The molecule has 0 saturated carbocycles. The van der Waals surface area contributed by atoms with Crippen LogP contribution in [0.2, 0.25) is 10.0 Å². The first-order valence-corrected chi connectivity index (χ1v) is 10.4. The molecule has 0 saturated heterocycles. The van der Waals surface area contributed by atoms with Crippen molar-refractivity contribution in [2.24, 2.45) is 0 Å². The van der Waals surface area contributed by atoms with E-state index in [1.54, 1.807) is 35.2 Å². The fraction of sp³-hybridized carbons (Fsp3) is 0.364. The van der Waals surface area contributed by atoms with E-state index in [1.807, 2.05) is 13.8 Å². The van der Waals surface area contributed by atoms with E-state index in [0.29, 0.717) is 28.6 Å². The number of rotatable bonds is 9. The third-order valence-corrected chi connectivity index (χ3v) is 5.28. The Morgan fingerprint density at radius 1 is 1.03 bits per heavy atom. The Labute approximate surface area is 181 Å². The van der Waals surface area contributed by atoms with Crippen LogP contribution in [0.5, 0.6) is 0 Å². The van der Waals surface area contributed by atoms with Gasteiger partial charge in [-0.2, -0.15) is 0 Å². The van der Waals surface area contributed by atoms with Crippen molar-refractivity contribution in [3.8, 4) is 0 Å². The van der Waals surface area contributed by atoms with E-state index in [4.69, 9.17) is 23.2 Å². The van der Waals surface area contributed by atoms with E-state index < -0.39 is 6.04 Å². The van der Waals surface area contributed by atoms with E-state index >= 15 is 0 Å². The number of halogens is 3. The standard InChI is InChI=1S/C22H25Cl2FN2O2/c1-3-11-26-22(29)20(4-2)27(14-15-5-8-17(25)9-6-15)21(28)13-16-7-10-18(23)19(24)12-16/h5-10,12,20H,3-4,11,13-14H2,1-2H3,(H,26,29). The van der Waals surface area contributed by atoms with Crippen molar-refractivity contribution in [1.82, 2.24) is 10.2 Å². The van der Waals surface area contributed by atoms with E-state index in [2.05, 4.69) is 5.32 Å². The minimum Gasteiger partial charge on any atom is -0.354 e. The molecule has 0 spiro atoms. The van der Waals surface area contributed by atoms with Crippen LogP contribution in [0.4, 0.5) is 4.39 Å². The number of hydrogen-bond acceptors (Lipinski definition) is 2. The highest BCUT2D eigenvalue weighted by atomic mass is 35.5. The number of nitrogens with zero attached hydrogens (tertiary/aromatic N) is 1. The van der Waals surface area contributed by atoms with Crippen LogP contribution in [-0.4, -0.2) is 29.3 Å². The molecule has 0 aliphatic rings. The Morgan fingerprint density at radius 2 is 1.69 bits per heavy atom. The highest BCUT2D eigenvalue weighted by Gasteiger charge is 2.28. The summed E-state index contributed by atoms with van der Waals surface area (Å²) in [4.78, 5) is 27.4. The number of nitrogens with one attached hydrogen (secondary N) is 1. The average molecular weight is 439 g/mol. The number of benzene rings is 2. The second-order valence-electron chi connectivity index (χ2n) is 6.79. The molecule has 1 atom stereocenters. The minimum absolute atomic E-state index is 0.0790. The zero-order valence-corrected chi connectivity index (χ0v) is 18.1. The van der Waals surface area contributed by atoms with Crippen molar-refractivity contribution in [3.05, 3.63) is 69.5 Å². The predicted molar refractivity (Wildman–Crippen MR) is 114 cm³/mol. The summed E-state index contributed by atoms with van der Waals surface area (Å²) in [5.41, 5.74) is 1.45. The minimum atomic E-state index is -0.623. The molecule has 2 aromatic carbocycles. The molecule has 0 bridgehead atoms. The predicted octanol–water partition coefficient (Wildman–Crippen LogP) is 5.01. The van der Waals surface area contributed by atoms with Crippen molar-refractivity contribution in [2.45, 2.75) is 45.7 Å². The summed E-state index contributed by atoms with van der Waals surface area (Å²) in [5.74, 6) is -0.764. The molecule has 0 aliphatic carbocycles. The zero-order chi connectivity index (χ0) is 21.4. The van der Waals surface area contributed by atoms with E-state index in [1.165, 1.54) is 12.1 Å². The Bertz CT molecular complexity index is 843. The van der Waals surface area contributed by atoms with Crippen molar-refractivity contribution >= 4 is 35.0 Å². The van der Waals surface area contributed by atoms with Crippen LogP contribution in [0.1, 0.15) is 37.8 Å². The third kappa shape index (κ3) is 6.72. The maximum Gasteiger partial charge on any atom is 0.242 e. The Kier molecular flexibility index (Phi) is 8.93. The molecule has 29 heavy (non-hydrogen) atoms. The van der Waals surface area contributed by atoms with Gasteiger partial charge >= 0.3 is 0 Å². The lowest BCUT2D eigenvalue weighted by Gasteiger charge is -2.31. The Hall–Kier alpha value is -2.11. The Balaban J connectivity index is 2.27. The maximum absolute atomic E-state index is 13.3. The number of carbonyl (C=O) groups is 2. The van der Waals surface area contributed by atoms with Crippen LogP contribution in [-0.2, 0) is 22.6 Å². The molecule has 0 heterocycles. The van der Waals surface area contributed by atoms with Crippen molar-refractivity contribution in [3.63, 3.8) is 0 Å². The monoisotopic (exact) mass is 438 g/mol. The molecule has 0 aliphatic heterocycles. The van der Waals surface area contributed by atoms with Gasteiger partial charge in [0.2, 0.25) is 11.8 Å². The topological polar surface area (TPSA) is 49.4 Å². The van der Waals surface area contributed by atoms with Crippen LogP contribution in [0.3, 0.4) is 0 Å². The highest BCUT2D eigenvalue weighted by molar-refractivity contribution is 6.42. The van der Waals surface area contributed by atoms with E-state index in [0.717, 1.165) is 12.0 Å². The van der Waals surface area contributed by atoms with Gasteiger partial charge < -0.3 is 10.2 Å². The first-order chi connectivity index (χ1) is 13.8. The fourth-order valence-electron chi connectivity index (χ4n) is 3.00. The lowest BCUT2D eigenvalue weighted by Crippen LogP contribution is -2.49. The summed E-state index contributed by atoms with van der Waals surface area (Å²) < 4.78 is 13.3. The van der Waals surface area contributed by atoms with Gasteiger partial charge in [0.15, 0.2) is 0 Å². The van der Waals surface area contributed by atoms with Gasteiger partial charge in [-0.1, -0.05) is 55.2 Å². The van der Waals surface area contributed by atoms with E-state index in [-0.39, 0.29) is 30.6 Å².